The Bertz CT molecular complexity index is 654. The van der Waals surface area contributed by atoms with E-state index in [1.165, 1.54) is 0 Å². The number of rotatable bonds is 2. The lowest BCUT2D eigenvalue weighted by Gasteiger charge is -2.11. The molecule has 10 heteroatoms. The van der Waals surface area contributed by atoms with Crippen LogP contribution in [0.25, 0.3) is 5.65 Å². The summed E-state index contributed by atoms with van der Waals surface area (Å²) in [5, 5.41) is 39.8. The maximum atomic E-state index is 11.5. The number of aromatic nitrogens is 5. The molecular weight excluding hydrogens is 258 g/mol. The van der Waals surface area contributed by atoms with Gasteiger partial charge in [-0.3, -0.25) is 4.79 Å². The second-order valence-electron chi connectivity index (χ2n) is 4.17. The Morgan fingerprint density at radius 2 is 2.16 bits per heavy atom. The van der Waals surface area contributed by atoms with E-state index in [0.29, 0.717) is 0 Å². The topological polar surface area (TPSA) is 146 Å². The van der Waals surface area contributed by atoms with Crippen molar-refractivity contribution in [1.82, 2.24) is 24.8 Å². The van der Waals surface area contributed by atoms with Gasteiger partial charge in [-0.2, -0.15) is 9.61 Å². The summed E-state index contributed by atoms with van der Waals surface area (Å²) in [6.45, 7) is -0.445. The standard InChI is InChI=1S/C9H11N5O5/c15-1-3-4(16)5(17)6(19-3)7-12-13-8-9(18)10-2-11-14(7)8/h2-6,15-17H,1H2,(H,10,11,18)/t3-,4-,5-,6-/m1/s1. The van der Waals surface area contributed by atoms with Crippen molar-refractivity contribution in [2.75, 3.05) is 6.61 Å². The molecule has 4 N–H and O–H groups in total. The molecule has 4 atom stereocenters. The monoisotopic (exact) mass is 269 g/mol. The van der Waals surface area contributed by atoms with E-state index in [0.717, 1.165) is 10.8 Å². The molecule has 0 amide bonds. The van der Waals surface area contributed by atoms with Gasteiger partial charge in [0, 0.05) is 0 Å². The van der Waals surface area contributed by atoms with Gasteiger partial charge in [-0.15, -0.1) is 10.2 Å². The van der Waals surface area contributed by atoms with Crippen LogP contribution in [-0.4, -0.2) is 65.0 Å². The van der Waals surface area contributed by atoms with Crippen LogP contribution in [0.4, 0.5) is 0 Å². The Hall–Kier alpha value is -1.88. The van der Waals surface area contributed by atoms with Crippen LogP contribution < -0.4 is 5.56 Å². The van der Waals surface area contributed by atoms with Gasteiger partial charge in [-0.1, -0.05) is 0 Å². The van der Waals surface area contributed by atoms with Crippen LogP contribution in [0.2, 0.25) is 0 Å². The summed E-state index contributed by atoms with van der Waals surface area (Å²) in [5.74, 6) is 0.0867. The number of hydrogen-bond donors (Lipinski definition) is 4. The fraction of sp³-hybridized carbons (Fsp3) is 0.556. The highest BCUT2D eigenvalue weighted by Gasteiger charge is 2.45. The average molecular weight is 269 g/mol. The van der Waals surface area contributed by atoms with Crippen molar-refractivity contribution in [3.05, 3.63) is 22.5 Å². The van der Waals surface area contributed by atoms with Gasteiger partial charge in [0.25, 0.3) is 5.56 Å². The molecule has 0 aliphatic carbocycles. The number of fused-ring (bicyclic) bond motifs is 1. The number of nitrogens with zero attached hydrogens (tertiary/aromatic N) is 4. The highest BCUT2D eigenvalue weighted by atomic mass is 16.6. The maximum absolute atomic E-state index is 11.5. The Morgan fingerprint density at radius 3 is 2.84 bits per heavy atom. The fourth-order valence-corrected chi connectivity index (χ4v) is 2.05. The zero-order valence-corrected chi connectivity index (χ0v) is 9.54. The van der Waals surface area contributed by atoms with E-state index in [2.05, 4.69) is 20.3 Å². The van der Waals surface area contributed by atoms with Crippen LogP contribution in [0.15, 0.2) is 11.1 Å². The van der Waals surface area contributed by atoms with Crippen molar-refractivity contribution in [3.63, 3.8) is 0 Å². The number of ether oxygens (including phenoxy) is 1. The fourth-order valence-electron chi connectivity index (χ4n) is 2.05. The molecule has 1 aliphatic heterocycles. The molecule has 0 unspecified atom stereocenters. The summed E-state index contributed by atoms with van der Waals surface area (Å²) in [6, 6.07) is 0. The molecule has 0 spiro atoms. The molecule has 19 heavy (non-hydrogen) atoms. The van der Waals surface area contributed by atoms with E-state index in [1.54, 1.807) is 0 Å². The molecule has 3 heterocycles. The molecule has 1 fully saturated rings. The predicted molar refractivity (Wildman–Crippen MR) is 58.1 cm³/mol. The van der Waals surface area contributed by atoms with Gasteiger partial charge >= 0.3 is 0 Å². The lowest BCUT2D eigenvalue weighted by atomic mass is 10.1. The van der Waals surface area contributed by atoms with E-state index in [1.807, 2.05) is 0 Å². The molecule has 10 nitrogen and oxygen atoms in total. The minimum Gasteiger partial charge on any atom is -0.394 e. The van der Waals surface area contributed by atoms with Gasteiger partial charge in [0.2, 0.25) is 5.65 Å². The first kappa shape index (κ1) is 12.2. The summed E-state index contributed by atoms with van der Waals surface area (Å²) in [4.78, 5) is 13.8. The number of nitrogens with one attached hydrogen (secondary N) is 1. The molecule has 0 aromatic carbocycles. The van der Waals surface area contributed by atoms with Gasteiger partial charge in [-0.25, -0.2) is 0 Å². The van der Waals surface area contributed by atoms with Crippen molar-refractivity contribution >= 4 is 5.65 Å². The van der Waals surface area contributed by atoms with Crippen molar-refractivity contribution in [3.8, 4) is 0 Å². The first-order chi connectivity index (χ1) is 9.13. The molecule has 2 aromatic rings. The Balaban J connectivity index is 2.06. The lowest BCUT2D eigenvalue weighted by Crippen LogP contribution is -2.32. The summed E-state index contributed by atoms with van der Waals surface area (Å²) in [7, 11) is 0. The lowest BCUT2D eigenvalue weighted by molar-refractivity contribution is -0.0258. The molecule has 0 saturated carbocycles. The van der Waals surface area contributed by atoms with E-state index in [-0.39, 0.29) is 11.5 Å². The minimum absolute atomic E-state index is 0.0461. The van der Waals surface area contributed by atoms with E-state index in [9.17, 15) is 15.0 Å². The first-order valence-electron chi connectivity index (χ1n) is 5.55. The van der Waals surface area contributed by atoms with Crippen molar-refractivity contribution < 1.29 is 20.1 Å². The molecule has 0 bridgehead atoms. The quantitative estimate of drug-likeness (QED) is 0.450. The third kappa shape index (κ3) is 1.73. The van der Waals surface area contributed by atoms with Crippen LogP contribution in [0.1, 0.15) is 11.9 Å². The number of H-pyrrole nitrogens is 1. The average Bonchev–Trinajstić information content (AvgIpc) is 2.94. The molecule has 0 radical (unpaired) electrons. The van der Waals surface area contributed by atoms with Gasteiger partial charge < -0.3 is 25.0 Å². The molecule has 1 aliphatic rings. The van der Waals surface area contributed by atoms with E-state index in [4.69, 9.17) is 9.84 Å². The highest BCUT2D eigenvalue weighted by molar-refractivity contribution is 5.32. The van der Waals surface area contributed by atoms with Crippen molar-refractivity contribution in [2.45, 2.75) is 24.4 Å². The third-order valence-corrected chi connectivity index (χ3v) is 3.03. The van der Waals surface area contributed by atoms with Crippen LogP contribution in [0.5, 0.6) is 0 Å². The number of aromatic amines is 1. The van der Waals surface area contributed by atoms with Crippen molar-refractivity contribution in [2.24, 2.45) is 0 Å². The molecule has 3 rings (SSSR count). The first-order valence-corrected chi connectivity index (χ1v) is 5.55. The largest absolute Gasteiger partial charge is 0.394 e. The van der Waals surface area contributed by atoms with E-state index >= 15 is 0 Å². The molecule has 102 valence electrons. The van der Waals surface area contributed by atoms with Crippen LogP contribution in [0, 0.1) is 0 Å². The summed E-state index contributed by atoms with van der Waals surface area (Å²) < 4.78 is 6.43. The van der Waals surface area contributed by atoms with Crippen molar-refractivity contribution in [1.29, 1.82) is 0 Å². The van der Waals surface area contributed by atoms with Gasteiger partial charge in [0.05, 0.1) is 6.61 Å². The van der Waals surface area contributed by atoms with Crippen LogP contribution in [0.3, 0.4) is 0 Å². The maximum Gasteiger partial charge on any atom is 0.296 e. The Morgan fingerprint density at radius 1 is 1.37 bits per heavy atom. The smallest absolute Gasteiger partial charge is 0.296 e. The summed E-state index contributed by atoms with van der Waals surface area (Å²) in [5.41, 5.74) is -0.532. The zero-order chi connectivity index (χ0) is 13.6. The summed E-state index contributed by atoms with van der Waals surface area (Å²) >= 11 is 0. The SMILES string of the molecule is O=c1[nH]cnn2c([C@@H]3O[C@H](CO)[C@@H](O)[C@H]3O)nnc12. The number of hydrogen-bond acceptors (Lipinski definition) is 8. The normalized spacial score (nSPS) is 31.1. The summed E-state index contributed by atoms with van der Waals surface area (Å²) in [6.07, 6.45) is -3.32. The number of aliphatic hydroxyl groups excluding tert-OH is 3. The second kappa shape index (κ2) is 4.35. The predicted octanol–water partition coefficient (Wildman–Crippen LogP) is -3.03. The van der Waals surface area contributed by atoms with Gasteiger partial charge in [-0.05, 0) is 0 Å². The second-order valence-corrected chi connectivity index (χ2v) is 4.17. The van der Waals surface area contributed by atoms with E-state index < -0.39 is 36.6 Å². The minimum atomic E-state index is -1.29. The van der Waals surface area contributed by atoms with Crippen LogP contribution in [-0.2, 0) is 4.74 Å². The molecular formula is C9H11N5O5. The van der Waals surface area contributed by atoms with Gasteiger partial charge in [0.1, 0.15) is 30.7 Å². The van der Waals surface area contributed by atoms with Crippen LogP contribution >= 0.6 is 0 Å². The zero-order valence-electron chi connectivity index (χ0n) is 9.54. The number of aliphatic hydroxyl groups is 3. The molecule has 1 saturated heterocycles. The molecule has 2 aromatic heterocycles. The van der Waals surface area contributed by atoms with Gasteiger partial charge in [0.15, 0.2) is 5.82 Å². The Kier molecular flexibility index (Phi) is 2.78. The third-order valence-electron chi connectivity index (χ3n) is 3.03. The highest BCUT2D eigenvalue weighted by Crippen LogP contribution is 2.31. The Labute approximate surface area is 105 Å².